The van der Waals surface area contributed by atoms with Crippen molar-refractivity contribution in [2.24, 2.45) is 14.1 Å². The van der Waals surface area contributed by atoms with Crippen LogP contribution in [0.5, 0.6) is 0 Å². The molecule has 1 N–H and O–H groups in total. The van der Waals surface area contributed by atoms with Gasteiger partial charge in [-0.1, -0.05) is 0 Å². The van der Waals surface area contributed by atoms with Crippen LogP contribution in [0.1, 0.15) is 12.8 Å². The molecule has 1 atom stereocenters. The number of benzene rings is 1. The van der Waals surface area contributed by atoms with Crippen molar-refractivity contribution in [2.45, 2.75) is 23.8 Å². The summed E-state index contributed by atoms with van der Waals surface area (Å²) in [5.74, 6) is 0. The molecule has 0 saturated carbocycles. The molecular weight excluding hydrogens is 306 g/mol. The number of nitrogens with one attached hydrogen (secondary N) is 1. The van der Waals surface area contributed by atoms with Crippen LogP contribution in [-0.2, 0) is 28.9 Å². The molecule has 0 bridgehead atoms. The third kappa shape index (κ3) is 2.57. The molecule has 0 unspecified atom stereocenters. The lowest BCUT2D eigenvalue weighted by Gasteiger charge is -2.11. The standard InChI is InChI=1S/C14H19N3O4S/c1-16-12-6-5-11(8-13(12)17(2)14(16)18)22(19,20)15-9-10-4-3-7-21-10/h5-6,8,10,15H,3-4,7,9H2,1-2H3/t10-/m0/s1. The van der Waals surface area contributed by atoms with Crippen LogP contribution >= 0.6 is 0 Å². The lowest BCUT2D eigenvalue weighted by atomic mass is 10.2. The van der Waals surface area contributed by atoms with Crippen molar-refractivity contribution in [1.29, 1.82) is 0 Å². The van der Waals surface area contributed by atoms with Gasteiger partial charge in [-0.05, 0) is 31.0 Å². The number of sulfonamides is 1. The lowest BCUT2D eigenvalue weighted by molar-refractivity contribution is 0.114. The minimum Gasteiger partial charge on any atom is -0.377 e. The van der Waals surface area contributed by atoms with Crippen molar-refractivity contribution >= 4 is 21.1 Å². The number of imidazole rings is 1. The summed E-state index contributed by atoms with van der Waals surface area (Å²) >= 11 is 0. The third-order valence-corrected chi connectivity index (χ3v) is 5.50. The van der Waals surface area contributed by atoms with E-state index in [0.29, 0.717) is 17.6 Å². The summed E-state index contributed by atoms with van der Waals surface area (Å²) < 4.78 is 35.7. The molecule has 22 heavy (non-hydrogen) atoms. The highest BCUT2D eigenvalue weighted by molar-refractivity contribution is 7.89. The minimum absolute atomic E-state index is 0.0559. The van der Waals surface area contributed by atoms with E-state index in [1.807, 2.05) is 0 Å². The Bertz CT molecular complexity index is 860. The highest BCUT2D eigenvalue weighted by Gasteiger charge is 2.21. The number of hydrogen-bond acceptors (Lipinski definition) is 4. The molecule has 1 saturated heterocycles. The van der Waals surface area contributed by atoms with Crippen molar-refractivity contribution in [2.75, 3.05) is 13.2 Å². The van der Waals surface area contributed by atoms with Crippen LogP contribution in [0.2, 0.25) is 0 Å². The summed E-state index contributed by atoms with van der Waals surface area (Å²) in [5.41, 5.74) is 1.11. The molecule has 1 fully saturated rings. The van der Waals surface area contributed by atoms with E-state index in [1.54, 1.807) is 20.2 Å². The highest BCUT2D eigenvalue weighted by atomic mass is 32.2. The number of rotatable bonds is 4. The molecule has 1 aromatic heterocycles. The third-order valence-electron chi connectivity index (χ3n) is 4.08. The maximum absolute atomic E-state index is 12.4. The van der Waals surface area contributed by atoms with Crippen LogP contribution < -0.4 is 10.4 Å². The van der Waals surface area contributed by atoms with E-state index in [4.69, 9.17) is 4.74 Å². The van der Waals surface area contributed by atoms with Crippen LogP contribution in [0, 0.1) is 0 Å². The monoisotopic (exact) mass is 325 g/mol. The van der Waals surface area contributed by atoms with Crippen LogP contribution in [-0.4, -0.2) is 36.8 Å². The summed E-state index contributed by atoms with van der Waals surface area (Å²) in [6, 6.07) is 4.69. The molecule has 7 nitrogen and oxygen atoms in total. The number of ether oxygens (including phenoxy) is 1. The van der Waals surface area contributed by atoms with Crippen LogP contribution in [0.25, 0.3) is 11.0 Å². The first kappa shape index (κ1) is 15.3. The summed E-state index contributed by atoms with van der Waals surface area (Å²) in [7, 11) is -0.327. The van der Waals surface area contributed by atoms with Crippen LogP contribution in [0.3, 0.4) is 0 Å². The van der Waals surface area contributed by atoms with Gasteiger partial charge in [-0.3, -0.25) is 9.13 Å². The fraction of sp³-hybridized carbons (Fsp3) is 0.500. The van der Waals surface area contributed by atoms with E-state index >= 15 is 0 Å². The summed E-state index contributed by atoms with van der Waals surface area (Å²) in [4.78, 5) is 12.0. The van der Waals surface area contributed by atoms with E-state index in [9.17, 15) is 13.2 Å². The number of aromatic nitrogens is 2. The van der Waals surface area contributed by atoms with Gasteiger partial charge in [0.1, 0.15) is 0 Å². The molecule has 0 radical (unpaired) electrons. The molecule has 0 spiro atoms. The van der Waals surface area contributed by atoms with Crippen molar-refractivity contribution in [3.05, 3.63) is 28.7 Å². The van der Waals surface area contributed by atoms with Gasteiger partial charge in [0.25, 0.3) is 0 Å². The zero-order valence-corrected chi connectivity index (χ0v) is 13.4. The Morgan fingerprint density at radius 1 is 1.27 bits per heavy atom. The number of nitrogens with zero attached hydrogens (tertiary/aromatic N) is 2. The van der Waals surface area contributed by atoms with Gasteiger partial charge in [-0.25, -0.2) is 17.9 Å². The predicted octanol–water partition coefficient (Wildman–Crippen LogP) is 0.334. The van der Waals surface area contributed by atoms with E-state index in [0.717, 1.165) is 12.8 Å². The second kappa shape index (κ2) is 5.53. The second-order valence-electron chi connectivity index (χ2n) is 5.54. The molecule has 1 aliphatic rings. The Balaban J connectivity index is 1.91. The number of aryl methyl sites for hydroxylation is 2. The quantitative estimate of drug-likeness (QED) is 0.878. The van der Waals surface area contributed by atoms with E-state index in [2.05, 4.69) is 4.72 Å². The molecule has 1 aromatic carbocycles. The summed E-state index contributed by atoms with van der Waals surface area (Å²) in [6.45, 7) is 0.957. The SMILES string of the molecule is Cn1c(=O)n(C)c2cc(S(=O)(=O)NC[C@@H]3CCCO3)ccc21. The van der Waals surface area contributed by atoms with E-state index in [-0.39, 0.29) is 23.2 Å². The average Bonchev–Trinajstić information content (AvgIpc) is 3.09. The molecule has 0 amide bonds. The average molecular weight is 325 g/mol. The number of hydrogen-bond donors (Lipinski definition) is 1. The maximum Gasteiger partial charge on any atom is 0.328 e. The van der Waals surface area contributed by atoms with Gasteiger partial charge >= 0.3 is 5.69 Å². The molecule has 0 aliphatic carbocycles. The minimum atomic E-state index is -3.61. The van der Waals surface area contributed by atoms with Crippen molar-refractivity contribution in [1.82, 2.24) is 13.9 Å². The van der Waals surface area contributed by atoms with Gasteiger partial charge in [0, 0.05) is 27.2 Å². The number of fused-ring (bicyclic) bond motifs is 1. The van der Waals surface area contributed by atoms with Crippen LogP contribution in [0.4, 0.5) is 0 Å². The predicted molar refractivity (Wildman–Crippen MR) is 82.3 cm³/mol. The molecule has 2 aromatic rings. The topological polar surface area (TPSA) is 82.3 Å². The molecule has 1 aliphatic heterocycles. The Hall–Kier alpha value is -1.64. The Labute approximate surface area is 128 Å². The lowest BCUT2D eigenvalue weighted by Crippen LogP contribution is -2.31. The largest absolute Gasteiger partial charge is 0.377 e. The molecule has 8 heteroatoms. The van der Waals surface area contributed by atoms with E-state index in [1.165, 1.54) is 21.3 Å². The van der Waals surface area contributed by atoms with Gasteiger partial charge in [0.2, 0.25) is 10.0 Å². The van der Waals surface area contributed by atoms with Gasteiger partial charge in [0.15, 0.2) is 0 Å². The first-order chi connectivity index (χ1) is 10.4. The molecule has 120 valence electrons. The Morgan fingerprint density at radius 3 is 2.68 bits per heavy atom. The second-order valence-corrected chi connectivity index (χ2v) is 7.31. The zero-order chi connectivity index (χ0) is 15.9. The molecular formula is C14H19N3O4S. The highest BCUT2D eigenvalue weighted by Crippen LogP contribution is 2.18. The molecule has 3 rings (SSSR count). The Kier molecular flexibility index (Phi) is 3.84. The van der Waals surface area contributed by atoms with Crippen molar-refractivity contribution in [3.63, 3.8) is 0 Å². The van der Waals surface area contributed by atoms with E-state index < -0.39 is 10.0 Å². The fourth-order valence-electron chi connectivity index (χ4n) is 2.75. The smallest absolute Gasteiger partial charge is 0.328 e. The first-order valence-corrected chi connectivity index (χ1v) is 8.65. The Morgan fingerprint density at radius 2 is 2.00 bits per heavy atom. The fourth-order valence-corrected chi connectivity index (χ4v) is 3.83. The first-order valence-electron chi connectivity index (χ1n) is 7.17. The van der Waals surface area contributed by atoms with Crippen LogP contribution in [0.15, 0.2) is 27.9 Å². The zero-order valence-electron chi connectivity index (χ0n) is 12.6. The maximum atomic E-state index is 12.4. The van der Waals surface area contributed by atoms with Gasteiger partial charge in [-0.2, -0.15) is 0 Å². The van der Waals surface area contributed by atoms with Gasteiger partial charge in [-0.15, -0.1) is 0 Å². The summed E-state index contributed by atoms with van der Waals surface area (Å²) in [6.07, 6.45) is 1.78. The van der Waals surface area contributed by atoms with Crippen molar-refractivity contribution in [3.8, 4) is 0 Å². The van der Waals surface area contributed by atoms with Crippen molar-refractivity contribution < 1.29 is 13.2 Å². The molecule has 2 heterocycles. The van der Waals surface area contributed by atoms with Gasteiger partial charge in [0.05, 0.1) is 22.0 Å². The normalized spacial score (nSPS) is 19.1. The summed E-state index contributed by atoms with van der Waals surface area (Å²) in [5, 5.41) is 0. The van der Waals surface area contributed by atoms with Gasteiger partial charge < -0.3 is 4.74 Å².